The molecule has 5 nitrogen and oxygen atoms in total. The second-order valence-electron chi connectivity index (χ2n) is 5.49. The predicted molar refractivity (Wildman–Crippen MR) is 96.9 cm³/mol. The van der Waals surface area contributed by atoms with Gasteiger partial charge in [-0.3, -0.25) is 9.59 Å². The Kier molecular flexibility index (Phi) is 5.04. The van der Waals surface area contributed by atoms with Crippen molar-refractivity contribution < 1.29 is 14.0 Å². The van der Waals surface area contributed by atoms with Gasteiger partial charge in [0, 0.05) is 31.1 Å². The Balaban J connectivity index is 1.66. The fourth-order valence-corrected chi connectivity index (χ4v) is 3.29. The topological polar surface area (TPSA) is 71.1 Å². The molecule has 2 N–H and O–H groups in total. The van der Waals surface area contributed by atoms with Crippen LogP contribution in [0.15, 0.2) is 42.5 Å². The molecule has 0 saturated heterocycles. The standard InChI is InChI=1S/C18H16FN3O2S/c1-11(23)20-9-8-17(24)21-14-5-2-12(3-6-14)18-22-15-7-4-13(19)10-16(15)25-18/h2-7,10H,8-9H2,1H3,(H,20,23)(H,21,24). The first kappa shape index (κ1) is 17.0. The zero-order chi connectivity index (χ0) is 17.8. The van der Waals surface area contributed by atoms with Crippen LogP contribution in [0.3, 0.4) is 0 Å². The number of anilines is 1. The van der Waals surface area contributed by atoms with Crippen LogP contribution in [0.1, 0.15) is 13.3 Å². The van der Waals surface area contributed by atoms with Crippen molar-refractivity contribution in [3.63, 3.8) is 0 Å². The number of hydrogen-bond donors (Lipinski definition) is 2. The molecule has 2 aromatic carbocycles. The van der Waals surface area contributed by atoms with Gasteiger partial charge in [-0.05, 0) is 42.5 Å². The van der Waals surface area contributed by atoms with Gasteiger partial charge in [-0.2, -0.15) is 0 Å². The summed E-state index contributed by atoms with van der Waals surface area (Å²) in [6.07, 6.45) is 0.213. The fourth-order valence-electron chi connectivity index (χ4n) is 2.29. The highest BCUT2D eigenvalue weighted by atomic mass is 32.1. The minimum Gasteiger partial charge on any atom is -0.356 e. The molecule has 1 heterocycles. The van der Waals surface area contributed by atoms with Crippen LogP contribution in [0.4, 0.5) is 10.1 Å². The van der Waals surface area contributed by atoms with Gasteiger partial charge >= 0.3 is 0 Å². The van der Waals surface area contributed by atoms with E-state index in [4.69, 9.17) is 0 Å². The number of amides is 2. The van der Waals surface area contributed by atoms with Crippen LogP contribution in [-0.4, -0.2) is 23.3 Å². The van der Waals surface area contributed by atoms with Crippen LogP contribution in [0.2, 0.25) is 0 Å². The molecule has 0 aliphatic heterocycles. The average molecular weight is 357 g/mol. The number of carbonyl (C=O) groups excluding carboxylic acids is 2. The molecule has 0 saturated carbocycles. The van der Waals surface area contributed by atoms with E-state index in [1.807, 2.05) is 12.1 Å². The molecule has 2 amide bonds. The van der Waals surface area contributed by atoms with Gasteiger partial charge in [0.05, 0.1) is 10.2 Å². The lowest BCUT2D eigenvalue weighted by molar-refractivity contribution is -0.119. The number of fused-ring (bicyclic) bond motifs is 1. The Morgan fingerprint density at radius 1 is 1.16 bits per heavy atom. The van der Waals surface area contributed by atoms with E-state index in [0.717, 1.165) is 20.8 Å². The van der Waals surface area contributed by atoms with Crippen LogP contribution >= 0.6 is 11.3 Å². The summed E-state index contributed by atoms with van der Waals surface area (Å²) in [6.45, 7) is 1.72. The summed E-state index contributed by atoms with van der Waals surface area (Å²) in [7, 11) is 0. The monoisotopic (exact) mass is 357 g/mol. The van der Waals surface area contributed by atoms with E-state index >= 15 is 0 Å². The largest absolute Gasteiger partial charge is 0.356 e. The molecule has 0 bridgehead atoms. The number of hydrogen-bond acceptors (Lipinski definition) is 4. The SMILES string of the molecule is CC(=O)NCCC(=O)Nc1ccc(-c2nc3ccc(F)cc3s2)cc1. The van der Waals surface area contributed by atoms with Gasteiger partial charge in [-0.25, -0.2) is 9.37 Å². The van der Waals surface area contributed by atoms with Crippen LogP contribution in [0.25, 0.3) is 20.8 Å². The number of halogens is 1. The van der Waals surface area contributed by atoms with Crippen molar-refractivity contribution >= 4 is 39.1 Å². The van der Waals surface area contributed by atoms with Gasteiger partial charge in [-0.1, -0.05) is 0 Å². The molecule has 0 atom stereocenters. The number of benzene rings is 2. The highest BCUT2D eigenvalue weighted by Crippen LogP contribution is 2.31. The van der Waals surface area contributed by atoms with E-state index in [-0.39, 0.29) is 24.1 Å². The maximum atomic E-state index is 13.3. The predicted octanol–water partition coefficient (Wildman–Crippen LogP) is 3.57. The Morgan fingerprint density at radius 3 is 2.64 bits per heavy atom. The zero-order valence-corrected chi connectivity index (χ0v) is 14.3. The molecular weight excluding hydrogens is 341 g/mol. The third kappa shape index (κ3) is 4.39. The summed E-state index contributed by atoms with van der Waals surface area (Å²) < 4.78 is 14.1. The lowest BCUT2D eigenvalue weighted by atomic mass is 10.2. The molecule has 0 spiro atoms. The third-order valence-electron chi connectivity index (χ3n) is 3.49. The van der Waals surface area contributed by atoms with Gasteiger partial charge in [0.25, 0.3) is 0 Å². The molecule has 0 aliphatic carbocycles. The zero-order valence-electron chi connectivity index (χ0n) is 13.5. The van der Waals surface area contributed by atoms with Crippen molar-refractivity contribution in [3.05, 3.63) is 48.3 Å². The molecule has 25 heavy (non-hydrogen) atoms. The Bertz CT molecular complexity index is 922. The number of rotatable bonds is 5. The minimum atomic E-state index is -0.278. The van der Waals surface area contributed by atoms with Gasteiger partial charge in [0.1, 0.15) is 10.8 Å². The lowest BCUT2D eigenvalue weighted by Crippen LogP contribution is -2.25. The first-order valence-electron chi connectivity index (χ1n) is 7.72. The van der Waals surface area contributed by atoms with Gasteiger partial charge in [0.2, 0.25) is 11.8 Å². The van der Waals surface area contributed by atoms with Crippen molar-refractivity contribution in [1.82, 2.24) is 10.3 Å². The summed E-state index contributed by atoms with van der Waals surface area (Å²) >= 11 is 1.42. The van der Waals surface area contributed by atoms with Crippen molar-refractivity contribution in [3.8, 4) is 10.6 Å². The minimum absolute atomic E-state index is 0.159. The Morgan fingerprint density at radius 2 is 1.92 bits per heavy atom. The molecule has 3 rings (SSSR count). The number of aromatic nitrogens is 1. The maximum Gasteiger partial charge on any atom is 0.226 e. The van der Waals surface area contributed by atoms with E-state index in [0.29, 0.717) is 12.2 Å². The molecule has 0 aliphatic rings. The molecule has 7 heteroatoms. The molecule has 0 fully saturated rings. The van der Waals surface area contributed by atoms with E-state index in [1.54, 1.807) is 18.2 Å². The van der Waals surface area contributed by atoms with Crippen LogP contribution in [-0.2, 0) is 9.59 Å². The summed E-state index contributed by atoms with van der Waals surface area (Å²) in [5, 5.41) is 6.14. The highest BCUT2D eigenvalue weighted by Gasteiger charge is 2.08. The fraction of sp³-hybridized carbons (Fsp3) is 0.167. The van der Waals surface area contributed by atoms with Gasteiger partial charge < -0.3 is 10.6 Å². The van der Waals surface area contributed by atoms with Crippen LogP contribution < -0.4 is 10.6 Å². The smallest absolute Gasteiger partial charge is 0.226 e. The quantitative estimate of drug-likeness (QED) is 0.733. The molecular formula is C18H16FN3O2S. The first-order chi connectivity index (χ1) is 12.0. The van der Waals surface area contributed by atoms with E-state index in [1.165, 1.54) is 30.4 Å². The Hall–Kier alpha value is -2.80. The van der Waals surface area contributed by atoms with E-state index in [2.05, 4.69) is 15.6 Å². The summed E-state index contributed by atoms with van der Waals surface area (Å²) in [5.74, 6) is -0.607. The first-order valence-corrected chi connectivity index (χ1v) is 8.54. The molecule has 0 unspecified atom stereocenters. The van der Waals surface area contributed by atoms with E-state index in [9.17, 15) is 14.0 Å². The highest BCUT2D eigenvalue weighted by molar-refractivity contribution is 7.21. The maximum absolute atomic E-state index is 13.3. The second-order valence-corrected chi connectivity index (χ2v) is 6.52. The summed E-state index contributed by atoms with van der Waals surface area (Å²) in [5.41, 5.74) is 2.33. The van der Waals surface area contributed by atoms with Crippen LogP contribution in [0, 0.1) is 5.82 Å². The summed E-state index contributed by atoms with van der Waals surface area (Å²) in [4.78, 5) is 27.1. The van der Waals surface area contributed by atoms with Gasteiger partial charge in [-0.15, -0.1) is 11.3 Å². The number of nitrogens with one attached hydrogen (secondary N) is 2. The van der Waals surface area contributed by atoms with E-state index < -0.39 is 0 Å². The molecule has 3 aromatic rings. The average Bonchev–Trinajstić information content (AvgIpc) is 2.98. The van der Waals surface area contributed by atoms with Gasteiger partial charge in [0.15, 0.2) is 0 Å². The van der Waals surface area contributed by atoms with Crippen molar-refractivity contribution in [1.29, 1.82) is 0 Å². The van der Waals surface area contributed by atoms with Crippen molar-refractivity contribution in [2.45, 2.75) is 13.3 Å². The number of thiazole rings is 1. The molecule has 1 aromatic heterocycles. The summed E-state index contributed by atoms with van der Waals surface area (Å²) in [6, 6.07) is 11.8. The normalized spacial score (nSPS) is 10.6. The van der Waals surface area contributed by atoms with Crippen molar-refractivity contribution in [2.75, 3.05) is 11.9 Å². The third-order valence-corrected chi connectivity index (χ3v) is 4.56. The Labute approximate surface area is 147 Å². The lowest BCUT2D eigenvalue weighted by Gasteiger charge is -2.06. The number of nitrogens with zero attached hydrogens (tertiary/aromatic N) is 1. The second kappa shape index (κ2) is 7.40. The number of carbonyl (C=O) groups is 2. The van der Waals surface area contributed by atoms with Crippen LogP contribution in [0.5, 0.6) is 0 Å². The molecule has 128 valence electrons. The van der Waals surface area contributed by atoms with Crippen molar-refractivity contribution in [2.24, 2.45) is 0 Å². The molecule has 0 radical (unpaired) electrons.